The summed E-state index contributed by atoms with van der Waals surface area (Å²) >= 11 is 0. The zero-order chi connectivity index (χ0) is 14.5. The van der Waals surface area contributed by atoms with Gasteiger partial charge in [0.15, 0.2) is 0 Å². The maximum absolute atomic E-state index is 12.5. The molecular formula is C16H32ClN3O. The van der Waals surface area contributed by atoms with Gasteiger partial charge in [0.2, 0.25) is 5.91 Å². The van der Waals surface area contributed by atoms with Gasteiger partial charge in [-0.2, -0.15) is 0 Å². The van der Waals surface area contributed by atoms with Crippen LogP contribution < -0.4 is 5.73 Å². The molecule has 2 atom stereocenters. The number of amides is 1. The fourth-order valence-electron chi connectivity index (χ4n) is 3.67. The molecule has 2 saturated heterocycles. The highest BCUT2D eigenvalue weighted by Crippen LogP contribution is 2.22. The Labute approximate surface area is 135 Å². The van der Waals surface area contributed by atoms with Gasteiger partial charge in [-0.25, -0.2) is 0 Å². The number of likely N-dealkylation sites (tertiary alicyclic amines) is 2. The maximum atomic E-state index is 12.5. The molecular weight excluding hydrogens is 286 g/mol. The van der Waals surface area contributed by atoms with E-state index in [2.05, 4.69) is 23.6 Å². The summed E-state index contributed by atoms with van der Waals surface area (Å²) in [5, 5.41) is 0. The van der Waals surface area contributed by atoms with Crippen LogP contribution in [0.5, 0.6) is 0 Å². The van der Waals surface area contributed by atoms with E-state index in [0.29, 0.717) is 30.5 Å². The molecule has 2 heterocycles. The van der Waals surface area contributed by atoms with Crippen molar-refractivity contribution >= 4 is 18.3 Å². The number of carbonyl (C=O) groups is 1. The van der Waals surface area contributed by atoms with Crippen LogP contribution in [0.4, 0.5) is 0 Å². The van der Waals surface area contributed by atoms with Crippen molar-refractivity contribution in [2.45, 2.75) is 64.5 Å². The van der Waals surface area contributed by atoms with Crippen LogP contribution in [0.15, 0.2) is 0 Å². The Morgan fingerprint density at radius 3 is 2.43 bits per heavy atom. The third-order valence-corrected chi connectivity index (χ3v) is 5.15. The van der Waals surface area contributed by atoms with E-state index in [1.165, 1.54) is 19.3 Å². The molecule has 0 aromatic rings. The summed E-state index contributed by atoms with van der Waals surface area (Å²) < 4.78 is 0. The predicted molar refractivity (Wildman–Crippen MR) is 89.7 cm³/mol. The van der Waals surface area contributed by atoms with Crippen molar-refractivity contribution < 1.29 is 4.79 Å². The van der Waals surface area contributed by atoms with Crippen molar-refractivity contribution in [2.75, 3.05) is 26.2 Å². The number of halogens is 1. The van der Waals surface area contributed by atoms with Gasteiger partial charge < -0.3 is 10.6 Å². The second-order valence-electron chi connectivity index (χ2n) is 6.62. The molecule has 2 fully saturated rings. The summed E-state index contributed by atoms with van der Waals surface area (Å²) in [5.74, 6) is 0.982. The van der Waals surface area contributed by atoms with E-state index in [1.54, 1.807) is 0 Å². The molecule has 21 heavy (non-hydrogen) atoms. The van der Waals surface area contributed by atoms with Gasteiger partial charge in [0.1, 0.15) is 0 Å². The van der Waals surface area contributed by atoms with E-state index in [1.807, 2.05) is 0 Å². The number of hydrogen-bond donors (Lipinski definition) is 1. The normalized spacial score (nSPS) is 26.2. The van der Waals surface area contributed by atoms with Crippen LogP contribution >= 0.6 is 12.4 Å². The molecule has 0 aromatic carbocycles. The molecule has 0 radical (unpaired) electrons. The highest BCUT2D eigenvalue weighted by Gasteiger charge is 2.28. The molecule has 124 valence electrons. The fourth-order valence-corrected chi connectivity index (χ4v) is 3.67. The number of hydrogen-bond acceptors (Lipinski definition) is 3. The number of nitrogens with zero attached hydrogens (tertiary/aromatic N) is 2. The zero-order valence-corrected chi connectivity index (χ0v) is 14.4. The summed E-state index contributed by atoms with van der Waals surface area (Å²) in [4.78, 5) is 17.0. The van der Waals surface area contributed by atoms with Crippen molar-refractivity contribution in [1.82, 2.24) is 9.80 Å². The molecule has 2 rings (SSSR count). The van der Waals surface area contributed by atoms with Gasteiger partial charge >= 0.3 is 0 Å². The molecule has 2 unspecified atom stereocenters. The van der Waals surface area contributed by atoms with Crippen LogP contribution in [0.1, 0.15) is 52.4 Å². The molecule has 0 aliphatic carbocycles. The van der Waals surface area contributed by atoms with Gasteiger partial charge in [-0.1, -0.05) is 6.92 Å². The standard InChI is InChI=1S/C16H31N3O.ClH/c1-3-15-6-4-5-9-19(15)16(20)12-18-10-7-14(8-11-18)13(2)17;/h13-15H,3-12,17H2,1-2H3;1H. The minimum Gasteiger partial charge on any atom is -0.339 e. The quantitative estimate of drug-likeness (QED) is 0.865. The van der Waals surface area contributed by atoms with Crippen LogP contribution in [-0.4, -0.2) is 54.0 Å². The Balaban J connectivity index is 0.00000220. The Morgan fingerprint density at radius 2 is 1.86 bits per heavy atom. The molecule has 2 aliphatic rings. The lowest BCUT2D eigenvalue weighted by molar-refractivity contribution is -0.136. The van der Waals surface area contributed by atoms with Gasteiger partial charge in [0, 0.05) is 18.6 Å². The van der Waals surface area contributed by atoms with Crippen LogP contribution in [0.3, 0.4) is 0 Å². The van der Waals surface area contributed by atoms with E-state index in [4.69, 9.17) is 5.73 Å². The molecule has 5 heteroatoms. The van der Waals surface area contributed by atoms with Crippen molar-refractivity contribution in [1.29, 1.82) is 0 Å². The molecule has 0 aromatic heterocycles. The number of carbonyl (C=O) groups excluding carboxylic acids is 1. The first kappa shape index (κ1) is 18.7. The predicted octanol–water partition coefficient (Wildman–Crippen LogP) is 2.26. The monoisotopic (exact) mass is 317 g/mol. The van der Waals surface area contributed by atoms with Gasteiger partial charge in [-0.15, -0.1) is 12.4 Å². The SMILES string of the molecule is CCC1CCCCN1C(=O)CN1CCC(C(C)N)CC1.Cl. The summed E-state index contributed by atoms with van der Waals surface area (Å²) in [6, 6.07) is 0.775. The molecule has 1 amide bonds. The summed E-state index contributed by atoms with van der Waals surface area (Å²) in [5.41, 5.74) is 5.97. The molecule has 2 N–H and O–H groups in total. The average molecular weight is 318 g/mol. The lowest BCUT2D eigenvalue weighted by Gasteiger charge is -2.38. The van der Waals surface area contributed by atoms with E-state index in [0.717, 1.165) is 38.9 Å². The molecule has 4 nitrogen and oxygen atoms in total. The topological polar surface area (TPSA) is 49.6 Å². The first-order valence-electron chi connectivity index (χ1n) is 8.39. The van der Waals surface area contributed by atoms with Crippen molar-refractivity contribution in [2.24, 2.45) is 11.7 Å². The van der Waals surface area contributed by atoms with E-state index in [9.17, 15) is 4.79 Å². The minimum atomic E-state index is 0. The van der Waals surface area contributed by atoms with Crippen LogP contribution in [-0.2, 0) is 4.79 Å². The van der Waals surface area contributed by atoms with Gasteiger partial charge in [0.25, 0.3) is 0 Å². The van der Waals surface area contributed by atoms with Gasteiger partial charge in [0.05, 0.1) is 6.54 Å². The van der Waals surface area contributed by atoms with Crippen LogP contribution in [0, 0.1) is 5.92 Å². The Kier molecular flexibility index (Phi) is 7.99. The first-order chi connectivity index (χ1) is 9.61. The summed E-state index contributed by atoms with van der Waals surface area (Å²) in [7, 11) is 0. The Morgan fingerprint density at radius 1 is 1.19 bits per heavy atom. The largest absolute Gasteiger partial charge is 0.339 e. The molecule has 0 saturated carbocycles. The van der Waals surface area contributed by atoms with Crippen LogP contribution in [0.25, 0.3) is 0 Å². The van der Waals surface area contributed by atoms with E-state index in [-0.39, 0.29) is 12.4 Å². The lowest BCUT2D eigenvalue weighted by Crippen LogP contribution is -2.49. The number of piperidine rings is 2. The lowest BCUT2D eigenvalue weighted by atomic mass is 9.91. The third kappa shape index (κ3) is 5.11. The maximum Gasteiger partial charge on any atom is 0.236 e. The van der Waals surface area contributed by atoms with Crippen LogP contribution in [0.2, 0.25) is 0 Å². The second kappa shape index (κ2) is 8.96. The minimum absolute atomic E-state index is 0. The van der Waals surface area contributed by atoms with Gasteiger partial charge in [-0.3, -0.25) is 9.69 Å². The Hall–Kier alpha value is -0.320. The number of nitrogens with two attached hydrogens (primary N) is 1. The summed E-state index contributed by atoms with van der Waals surface area (Å²) in [6.07, 6.45) is 7.02. The highest BCUT2D eigenvalue weighted by molar-refractivity contribution is 5.85. The smallest absolute Gasteiger partial charge is 0.236 e. The Bertz CT molecular complexity index is 317. The number of rotatable bonds is 4. The van der Waals surface area contributed by atoms with E-state index >= 15 is 0 Å². The molecule has 0 spiro atoms. The summed E-state index contributed by atoms with van der Waals surface area (Å²) in [6.45, 7) is 7.94. The van der Waals surface area contributed by atoms with Gasteiger partial charge in [-0.05, 0) is 64.5 Å². The zero-order valence-electron chi connectivity index (χ0n) is 13.6. The third-order valence-electron chi connectivity index (χ3n) is 5.15. The average Bonchev–Trinajstić information content (AvgIpc) is 2.47. The fraction of sp³-hybridized carbons (Fsp3) is 0.938. The van der Waals surface area contributed by atoms with Crippen molar-refractivity contribution in [3.05, 3.63) is 0 Å². The first-order valence-corrected chi connectivity index (χ1v) is 8.39. The molecule has 0 bridgehead atoms. The van der Waals surface area contributed by atoms with E-state index < -0.39 is 0 Å². The van der Waals surface area contributed by atoms with Crippen molar-refractivity contribution in [3.8, 4) is 0 Å². The highest BCUT2D eigenvalue weighted by atomic mass is 35.5. The van der Waals surface area contributed by atoms with Crippen molar-refractivity contribution in [3.63, 3.8) is 0 Å². The second-order valence-corrected chi connectivity index (χ2v) is 6.62. The molecule has 2 aliphatic heterocycles.